The average molecular weight is 334 g/mol. The van der Waals surface area contributed by atoms with E-state index in [9.17, 15) is 18.8 Å². The van der Waals surface area contributed by atoms with Crippen molar-refractivity contribution in [2.24, 2.45) is 5.92 Å². The molecule has 24 heavy (non-hydrogen) atoms. The van der Waals surface area contributed by atoms with Crippen LogP contribution in [0.25, 0.3) is 0 Å². The monoisotopic (exact) mass is 334 g/mol. The van der Waals surface area contributed by atoms with Crippen LogP contribution in [0.2, 0.25) is 0 Å². The number of benzene rings is 1. The van der Waals surface area contributed by atoms with Crippen molar-refractivity contribution in [3.63, 3.8) is 0 Å². The number of fused-ring (bicyclic) bond motifs is 1. The number of ketones is 1. The molecule has 0 aromatic heterocycles. The summed E-state index contributed by atoms with van der Waals surface area (Å²) in [6.07, 6.45) is 1.30. The lowest BCUT2D eigenvalue weighted by Crippen LogP contribution is -2.29. The van der Waals surface area contributed by atoms with Gasteiger partial charge in [0, 0.05) is 43.1 Å². The first-order valence-corrected chi connectivity index (χ1v) is 8.06. The molecule has 1 heterocycles. The van der Waals surface area contributed by atoms with E-state index in [1.165, 1.54) is 11.0 Å². The zero-order valence-electron chi connectivity index (χ0n) is 13.2. The van der Waals surface area contributed by atoms with Gasteiger partial charge in [0.05, 0.1) is 6.61 Å². The molecule has 7 heteroatoms. The van der Waals surface area contributed by atoms with Crippen LogP contribution in [-0.4, -0.2) is 42.4 Å². The van der Waals surface area contributed by atoms with Gasteiger partial charge in [-0.3, -0.25) is 14.4 Å². The third-order valence-electron chi connectivity index (χ3n) is 4.52. The van der Waals surface area contributed by atoms with Crippen LogP contribution in [0.5, 0.6) is 0 Å². The van der Waals surface area contributed by atoms with Crippen molar-refractivity contribution in [3.05, 3.63) is 29.1 Å². The minimum atomic E-state index is -0.599. The lowest BCUT2D eigenvalue weighted by molar-refractivity contribution is -0.122. The molecular weight excluding hydrogens is 315 g/mol. The summed E-state index contributed by atoms with van der Waals surface area (Å²) in [7, 11) is 0. The quantitative estimate of drug-likeness (QED) is 0.834. The molecule has 2 N–H and O–H groups in total. The van der Waals surface area contributed by atoms with Crippen molar-refractivity contribution >= 4 is 23.3 Å². The number of aliphatic hydroxyl groups is 1. The zero-order valence-corrected chi connectivity index (χ0v) is 13.2. The summed E-state index contributed by atoms with van der Waals surface area (Å²) in [6, 6.07) is 2.86. The molecule has 1 aromatic carbocycles. The molecule has 0 radical (unpaired) electrons. The maximum atomic E-state index is 14.4. The summed E-state index contributed by atoms with van der Waals surface area (Å²) in [5, 5.41) is 11.2. The van der Waals surface area contributed by atoms with Crippen molar-refractivity contribution < 1.29 is 23.9 Å². The molecule has 1 aromatic rings. The number of rotatable bonds is 5. The maximum Gasteiger partial charge on any atom is 0.227 e. The van der Waals surface area contributed by atoms with Gasteiger partial charge in [0.15, 0.2) is 5.78 Å². The zero-order chi connectivity index (χ0) is 17.3. The molecule has 1 fully saturated rings. The summed E-state index contributed by atoms with van der Waals surface area (Å²) >= 11 is 0. The molecule has 2 aliphatic rings. The fraction of sp³-hybridized carbons (Fsp3) is 0.471. The first-order chi connectivity index (χ1) is 11.5. The molecule has 2 amide bonds. The molecule has 1 aliphatic heterocycles. The maximum absolute atomic E-state index is 14.4. The number of anilines is 1. The van der Waals surface area contributed by atoms with Gasteiger partial charge in [0.25, 0.3) is 0 Å². The van der Waals surface area contributed by atoms with Crippen LogP contribution >= 0.6 is 0 Å². The Morgan fingerprint density at radius 2 is 2.17 bits per heavy atom. The molecule has 1 unspecified atom stereocenters. The Morgan fingerprint density at radius 3 is 2.83 bits per heavy atom. The Hall–Kier alpha value is -2.28. The van der Waals surface area contributed by atoms with Crippen molar-refractivity contribution in [2.75, 3.05) is 24.6 Å². The molecule has 128 valence electrons. The number of nitrogens with zero attached hydrogens (tertiary/aromatic N) is 1. The molecule has 6 nitrogen and oxygen atoms in total. The van der Waals surface area contributed by atoms with Crippen LogP contribution in [0, 0.1) is 11.7 Å². The molecule has 1 saturated heterocycles. The van der Waals surface area contributed by atoms with Gasteiger partial charge in [-0.05, 0) is 30.5 Å². The molecule has 0 bridgehead atoms. The Morgan fingerprint density at radius 1 is 1.38 bits per heavy atom. The van der Waals surface area contributed by atoms with Gasteiger partial charge in [-0.25, -0.2) is 4.39 Å². The fourth-order valence-corrected chi connectivity index (χ4v) is 3.34. The SMILES string of the molecule is O=C(CC1Cc2c(F)cc(N3CCCC3=O)cc2C1=O)NCCO. The minimum absolute atomic E-state index is 0.0368. The molecular formula is C17H19FN2O4. The predicted molar refractivity (Wildman–Crippen MR) is 84.2 cm³/mol. The van der Waals surface area contributed by atoms with E-state index in [0.29, 0.717) is 24.2 Å². The smallest absolute Gasteiger partial charge is 0.227 e. The first-order valence-electron chi connectivity index (χ1n) is 8.06. The third kappa shape index (κ3) is 3.03. The Kier molecular flexibility index (Phi) is 4.62. The average Bonchev–Trinajstić information content (AvgIpc) is 3.11. The number of amides is 2. The minimum Gasteiger partial charge on any atom is -0.395 e. The van der Waals surface area contributed by atoms with E-state index in [2.05, 4.69) is 5.32 Å². The molecule has 3 rings (SSSR count). The van der Waals surface area contributed by atoms with Gasteiger partial charge in [-0.2, -0.15) is 0 Å². The van der Waals surface area contributed by atoms with Crippen molar-refractivity contribution in [1.29, 1.82) is 0 Å². The second-order valence-corrected chi connectivity index (χ2v) is 6.15. The fourth-order valence-electron chi connectivity index (χ4n) is 3.34. The van der Waals surface area contributed by atoms with Crippen molar-refractivity contribution in [3.8, 4) is 0 Å². The van der Waals surface area contributed by atoms with E-state index >= 15 is 0 Å². The van der Waals surface area contributed by atoms with Crippen LogP contribution in [0.4, 0.5) is 10.1 Å². The van der Waals surface area contributed by atoms with Gasteiger partial charge < -0.3 is 15.3 Å². The van der Waals surface area contributed by atoms with Crippen LogP contribution in [-0.2, 0) is 16.0 Å². The van der Waals surface area contributed by atoms with Gasteiger partial charge in [0.1, 0.15) is 5.82 Å². The van der Waals surface area contributed by atoms with E-state index in [1.54, 1.807) is 6.07 Å². The third-order valence-corrected chi connectivity index (χ3v) is 4.52. The summed E-state index contributed by atoms with van der Waals surface area (Å²) in [5.41, 5.74) is 0.993. The molecule has 1 aliphatic carbocycles. The topological polar surface area (TPSA) is 86.7 Å². The van der Waals surface area contributed by atoms with Gasteiger partial charge in [-0.1, -0.05) is 0 Å². The standard InChI is InChI=1S/C17H19FN2O4/c18-14-9-11(20-4-1-2-16(20)23)8-13-12(14)6-10(17(13)24)7-15(22)19-3-5-21/h8-10,21H,1-7H2,(H,19,22). The van der Waals surface area contributed by atoms with E-state index in [1.807, 2.05) is 0 Å². The Balaban J connectivity index is 1.80. The Bertz CT molecular complexity index is 704. The van der Waals surface area contributed by atoms with Gasteiger partial charge >= 0.3 is 0 Å². The normalized spacial score (nSPS) is 19.8. The van der Waals surface area contributed by atoms with Crippen molar-refractivity contribution in [1.82, 2.24) is 5.32 Å². The number of halogens is 1. The number of nitrogens with one attached hydrogen (secondary N) is 1. The number of hydrogen-bond acceptors (Lipinski definition) is 4. The highest BCUT2D eigenvalue weighted by Crippen LogP contribution is 2.35. The summed E-state index contributed by atoms with van der Waals surface area (Å²) in [6.45, 7) is 0.479. The summed E-state index contributed by atoms with van der Waals surface area (Å²) in [5.74, 6) is -1.78. The lowest BCUT2D eigenvalue weighted by Gasteiger charge is -2.17. The summed E-state index contributed by atoms with van der Waals surface area (Å²) in [4.78, 5) is 37.6. The highest BCUT2D eigenvalue weighted by Gasteiger charge is 2.35. The van der Waals surface area contributed by atoms with Crippen molar-refractivity contribution in [2.45, 2.75) is 25.7 Å². The second-order valence-electron chi connectivity index (χ2n) is 6.15. The van der Waals surface area contributed by atoms with E-state index < -0.39 is 11.7 Å². The van der Waals surface area contributed by atoms with E-state index in [4.69, 9.17) is 5.11 Å². The summed E-state index contributed by atoms with van der Waals surface area (Å²) < 4.78 is 14.4. The van der Waals surface area contributed by atoms with Crippen LogP contribution < -0.4 is 10.2 Å². The highest BCUT2D eigenvalue weighted by atomic mass is 19.1. The van der Waals surface area contributed by atoms with Gasteiger partial charge in [-0.15, -0.1) is 0 Å². The predicted octanol–water partition coefficient (Wildman–Crippen LogP) is 0.806. The van der Waals surface area contributed by atoms with Crippen LogP contribution in [0.1, 0.15) is 35.2 Å². The Labute approximate surface area is 138 Å². The largest absolute Gasteiger partial charge is 0.395 e. The molecule has 0 spiro atoms. The second kappa shape index (κ2) is 6.68. The van der Waals surface area contributed by atoms with E-state index in [0.717, 1.165) is 6.42 Å². The van der Waals surface area contributed by atoms with Gasteiger partial charge in [0.2, 0.25) is 11.8 Å². The molecule has 0 saturated carbocycles. The number of carbonyl (C=O) groups excluding carboxylic acids is 3. The van der Waals surface area contributed by atoms with Crippen LogP contribution in [0.3, 0.4) is 0 Å². The number of hydrogen-bond donors (Lipinski definition) is 2. The molecule has 1 atom stereocenters. The van der Waals surface area contributed by atoms with E-state index in [-0.39, 0.29) is 49.2 Å². The number of Topliss-reactive ketones (excluding diaryl/α,β-unsaturated/α-hetero) is 1. The number of carbonyl (C=O) groups is 3. The number of aliphatic hydroxyl groups excluding tert-OH is 1. The first kappa shape index (κ1) is 16.6. The highest BCUT2D eigenvalue weighted by molar-refractivity contribution is 6.05. The lowest BCUT2D eigenvalue weighted by atomic mass is 10.0. The van der Waals surface area contributed by atoms with Crippen LogP contribution in [0.15, 0.2) is 12.1 Å².